The molecule has 0 unspecified atom stereocenters. The fourth-order valence-electron chi connectivity index (χ4n) is 1.95. The van der Waals surface area contributed by atoms with Gasteiger partial charge in [0.05, 0.1) is 5.56 Å². The van der Waals surface area contributed by atoms with E-state index in [0.717, 1.165) is 11.1 Å². The van der Waals surface area contributed by atoms with Crippen molar-refractivity contribution in [2.45, 2.75) is 0 Å². The Morgan fingerprint density at radius 3 is 2.50 bits per heavy atom. The maximum absolute atomic E-state index is 11.8. The highest BCUT2D eigenvalue weighted by Crippen LogP contribution is 2.31. The Kier molecular flexibility index (Phi) is 3.72. The van der Waals surface area contributed by atoms with Gasteiger partial charge in [-0.2, -0.15) is 5.90 Å². The summed E-state index contributed by atoms with van der Waals surface area (Å²) < 4.78 is 0. The molecule has 0 bridgehead atoms. The number of hydrogen-bond acceptors (Lipinski definition) is 5. The van der Waals surface area contributed by atoms with Gasteiger partial charge in [0.1, 0.15) is 0 Å². The monoisotopic (exact) mass is 269 g/mol. The van der Waals surface area contributed by atoms with Crippen LogP contribution in [0.4, 0.5) is 11.4 Å². The highest BCUT2D eigenvalue weighted by Gasteiger charge is 2.12. The van der Waals surface area contributed by atoms with Gasteiger partial charge in [0, 0.05) is 16.9 Å². The Morgan fingerprint density at radius 2 is 1.90 bits per heavy atom. The van der Waals surface area contributed by atoms with Crippen LogP contribution in [0.1, 0.15) is 10.4 Å². The Morgan fingerprint density at radius 1 is 1.15 bits per heavy atom. The summed E-state index contributed by atoms with van der Waals surface area (Å²) in [6.07, 6.45) is 1.20. The minimum Gasteiger partial charge on any atom is -0.411 e. The molecule has 0 amide bonds. The van der Waals surface area contributed by atoms with E-state index in [-0.39, 0.29) is 11.5 Å². The van der Waals surface area contributed by atoms with Gasteiger partial charge in [-0.05, 0) is 35.9 Å². The first-order chi connectivity index (χ1) is 9.56. The minimum atomic E-state index is -0.277. The molecule has 0 aliphatic rings. The van der Waals surface area contributed by atoms with Crippen LogP contribution in [0, 0.1) is 0 Å². The molecule has 2 aromatic carbocycles. The van der Waals surface area contributed by atoms with E-state index in [2.05, 4.69) is 11.4 Å². The van der Waals surface area contributed by atoms with Crippen LogP contribution in [0.25, 0.3) is 11.1 Å². The van der Waals surface area contributed by atoms with Crippen LogP contribution in [0.3, 0.4) is 0 Å². The molecule has 0 saturated carbocycles. The van der Waals surface area contributed by atoms with Gasteiger partial charge in [-0.1, -0.05) is 18.7 Å². The summed E-state index contributed by atoms with van der Waals surface area (Å²) in [5.41, 5.74) is 14.6. The molecular formula is C15H15N3O2. The second-order valence-electron chi connectivity index (χ2n) is 4.24. The molecular weight excluding hydrogens is 254 g/mol. The van der Waals surface area contributed by atoms with E-state index in [1.165, 1.54) is 6.08 Å². The number of carbonyl (C=O) groups excluding carboxylic acids is 1. The summed E-state index contributed by atoms with van der Waals surface area (Å²) in [5, 5.41) is 0. The summed E-state index contributed by atoms with van der Waals surface area (Å²) in [5.74, 6) is 5.16. The number of nitrogens with two attached hydrogens (primary N) is 3. The number of nitrogen functional groups attached to an aromatic ring is 2. The second-order valence-corrected chi connectivity index (χ2v) is 4.24. The molecule has 0 atom stereocenters. The van der Waals surface area contributed by atoms with E-state index in [4.69, 9.17) is 17.4 Å². The number of rotatable bonds is 4. The van der Waals surface area contributed by atoms with Crippen molar-refractivity contribution >= 4 is 17.2 Å². The first kappa shape index (κ1) is 13.6. The van der Waals surface area contributed by atoms with E-state index in [1.807, 2.05) is 0 Å². The maximum atomic E-state index is 11.8. The van der Waals surface area contributed by atoms with Crippen molar-refractivity contribution in [3.63, 3.8) is 0 Å². The Bertz CT molecular complexity index is 681. The Hall–Kier alpha value is -2.79. The van der Waals surface area contributed by atoms with Gasteiger partial charge in [0.15, 0.2) is 11.5 Å². The van der Waals surface area contributed by atoms with Crippen LogP contribution in [-0.4, -0.2) is 5.78 Å². The topological polar surface area (TPSA) is 104 Å². The number of hydrogen-bond donors (Lipinski definition) is 3. The summed E-state index contributed by atoms with van der Waals surface area (Å²) in [4.78, 5) is 16.5. The molecule has 0 spiro atoms. The molecule has 0 fully saturated rings. The number of allylic oxidation sites excluding steroid dienone is 1. The van der Waals surface area contributed by atoms with Crippen molar-refractivity contribution in [1.29, 1.82) is 0 Å². The van der Waals surface area contributed by atoms with Crippen molar-refractivity contribution in [1.82, 2.24) is 0 Å². The molecule has 0 radical (unpaired) electrons. The molecule has 0 aliphatic heterocycles. The van der Waals surface area contributed by atoms with Crippen molar-refractivity contribution in [3.05, 3.63) is 54.6 Å². The fourth-order valence-corrected chi connectivity index (χ4v) is 1.95. The second kappa shape index (κ2) is 5.46. The quantitative estimate of drug-likeness (QED) is 0.341. The predicted molar refractivity (Wildman–Crippen MR) is 80.0 cm³/mol. The average molecular weight is 269 g/mol. The molecule has 0 aliphatic carbocycles. The third kappa shape index (κ3) is 2.48. The first-order valence-electron chi connectivity index (χ1n) is 5.89. The largest absolute Gasteiger partial charge is 0.411 e. The van der Waals surface area contributed by atoms with Gasteiger partial charge in [-0.3, -0.25) is 4.79 Å². The molecule has 0 aromatic heterocycles. The van der Waals surface area contributed by atoms with Gasteiger partial charge < -0.3 is 16.3 Å². The third-order valence-electron chi connectivity index (χ3n) is 2.94. The molecule has 0 saturated heterocycles. The minimum absolute atomic E-state index is 0.277. The number of ketones is 1. The summed E-state index contributed by atoms with van der Waals surface area (Å²) in [6, 6.07) is 10.2. The molecule has 20 heavy (non-hydrogen) atoms. The van der Waals surface area contributed by atoms with Crippen LogP contribution >= 0.6 is 0 Å². The lowest BCUT2D eigenvalue weighted by Crippen LogP contribution is -2.07. The SMILES string of the molecule is C=CC(=O)c1cc(-c2ccc(N)cc2N)ccc1ON. The van der Waals surface area contributed by atoms with Crippen LogP contribution in [-0.2, 0) is 0 Å². The van der Waals surface area contributed by atoms with E-state index in [0.29, 0.717) is 16.9 Å². The lowest BCUT2D eigenvalue weighted by Gasteiger charge is -2.10. The van der Waals surface area contributed by atoms with Gasteiger partial charge in [0.2, 0.25) is 0 Å². The Labute approximate surface area is 116 Å². The van der Waals surface area contributed by atoms with Crippen LogP contribution in [0.2, 0.25) is 0 Å². The summed E-state index contributed by atoms with van der Waals surface area (Å²) in [6.45, 7) is 3.46. The van der Waals surface area contributed by atoms with Gasteiger partial charge in [0.25, 0.3) is 0 Å². The zero-order valence-electron chi connectivity index (χ0n) is 10.8. The zero-order valence-corrected chi connectivity index (χ0v) is 10.8. The number of benzene rings is 2. The Balaban J connectivity index is 2.58. The normalized spacial score (nSPS) is 10.1. The molecule has 0 heterocycles. The van der Waals surface area contributed by atoms with E-state index >= 15 is 0 Å². The van der Waals surface area contributed by atoms with Crippen LogP contribution in [0.15, 0.2) is 49.1 Å². The van der Waals surface area contributed by atoms with Gasteiger partial charge in [-0.15, -0.1) is 0 Å². The summed E-state index contributed by atoms with van der Waals surface area (Å²) in [7, 11) is 0. The highest BCUT2D eigenvalue weighted by atomic mass is 16.6. The van der Waals surface area contributed by atoms with E-state index < -0.39 is 0 Å². The van der Waals surface area contributed by atoms with E-state index in [1.54, 1.807) is 36.4 Å². The van der Waals surface area contributed by atoms with E-state index in [9.17, 15) is 4.79 Å². The highest BCUT2D eigenvalue weighted by molar-refractivity contribution is 6.07. The van der Waals surface area contributed by atoms with Crippen LogP contribution in [0.5, 0.6) is 5.75 Å². The van der Waals surface area contributed by atoms with Crippen molar-refractivity contribution in [2.24, 2.45) is 5.90 Å². The number of anilines is 2. The smallest absolute Gasteiger partial charge is 0.189 e. The molecule has 2 rings (SSSR count). The zero-order chi connectivity index (χ0) is 14.7. The van der Waals surface area contributed by atoms with Gasteiger partial charge in [-0.25, -0.2) is 0 Å². The summed E-state index contributed by atoms with van der Waals surface area (Å²) >= 11 is 0. The number of carbonyl (C=O) groups is 1. The average Bonchev–Trinajstić information content (AvgIpc) is 2.46. The van der Waals surface area contributed by atoms with Gasteiger partial charge >= 0.3 is 0 Å². The lowest BCUT2D eigenvalue weighted by molar-refractivity contribution is 0.104. The third-order valence-corrected chi connectivity index (χ3v) is 2.94. The van der Waals surface area contributed by atoms with Crippen molar-refractivity contribution < 1.29 is 9.63 Å². The van der Waals surface area contributed by atoms with Crippen molar-refractivity contribution in [3.8, 4) is 16.9 Å². The molecule has 5 heteroatoms. The lowest BCUT2D eigenvalue weighted by atomic mass is 9.99. The molecule has 5 nitrogen and oxygen atoms in total. The first-order valence-corrected chi connectivity index (χ1v) is 5.89. The molecule has 102 valence electrons. The van der Waals surface area contributed by atoms with Crippen molar-refractivity contribution in [2.75, 3.05) is 11.5 Å². The molecule has 6 N–H and O–H groups in total. The predicted octanol–water partition coefficient (Wildman–Crippen LogP) is 2.14. The fraction of sp³-hybridized carbons (Fsp3) is 0. The molecule has 2 aromatic rings. The maximum Gasteiger partial charge on any atom is 0.189 e. The standard InChI is InChI=1S/C15H15N3O2/c1-2-14(19)12-7-9(3-6-15(12)20-18)11-5-4-10(16)8-13(11)17/h2-8H,1,16-18H2. The van der Waals surface area contributed by atoms with Crippen LogP contribution < -0.4 is 22.2 Å².